The monoisotopic (exact) mass is 274 g/mol. The van der Waals surface area contributed by atoms with Crippen molar-refractivity contribution in [2.45, 2.75) is 18.9 Å². The van der Waals surface area contributed by atoms with Crippen LogP contribution in [-0.4, -0.2) is 28.8 Å². The van der Waals surface area contributed by atoms with Gasteiger partial charge in [0.25, 0.3) is 0 Å². The van der Waals surface area contributed by atoms with Crippen LogP contribution in [0.4, 0.5) is 10.2 Å². The lowest BCUT2D eigenvalue weighted by atomic mass is 10.1. The highest BCUT2D eigenvalue weighted by Crippen LogP contribution is 2.27. The normalized spacial score (nSPS) is 26.0. The molecule has 15 heavy (non-hydrogen) atoms. The van der Waals surface area contributed by atoms with E-state index in [2.05, 4.69) is 20.9 Å². The summed E-state index contributed by atoms with van der Waals surface area (Å²) >= 11 is 3.16. The molecule has 0 saturated carbocycles. The Morgan fingerprint density at radius 1 is 1.67 bits per heavy atom. The van der Waals surface area contributed by atoms with E-state index in [9.17, 15) is 9.50 Å². The number of anilines is 1. The minimum absolute atomic E-state index is 0.316. The van der Waals surface area contributed by atoms with Crippen molar-refractivity contribution in [1.82, 2.24) is 4.98 Å². The molecule has 1 saturated heterocycles. The van der Waals surface area contributed by atoms with Crippen molar-refractivity contribution in [2.24, 2.45) is 0 Å². The summed E-state index contributed by atoms with van der Waals surface area (Å²) in [6, 6.07) is 1.38. The summed E-state index contributed by atoms with van der Waals surface area (Å²) in [6.45, 7) is 2.82. The molecule has 1 aromatic rings. The Morgan fingerprint density at radius 2 is 2.40 bits per heavy atom. The maximum atomic E-state index is 13.5. The van der Waals surface area contributed by atoms with Crippen molar-refractivity contribution in [3.05, 3.63) is 22.6 Å². The smallest absolute Gasteiger partial charge is 0.166 e. The maximum absolute atomic E-state index is 13.5. The third kappa shape index (κ3) is 2.29. The van der Waals surface area contributed by atoms with E-state index in [1.807, 2.05) is 0 Å². The van der Waals surface area contributed by atoms with Gasteiger partial charge in [-0.1, -0.05) is 0 Å². The highest BCUT2D eigenvalue weighted by molar-refractivity contribution is 9.10. The number of aromatic nitrogens is 1. The molecular weight excluding hydrogens is 263 g/mol. The second-order valence-electron chi connectivity index (χ2n) is 4.13. The van der Waals surface area contributed by atoms with Gasteiger partial charge in [0.15, 0.2) is 11.6 Å². The molecule has 0 radical (unpaired) electrons. The molecule has 2 rings (SSSR count). The van der Waals surface area contributed by atoms with Gasteiger partial charge in [-0.3, -0.25) is 0 Å². The van der Waals surface area contributed by atoms with Gasteiger partial charge in [0, 0.05) is 23.8 Å². The average molecular weight is 275 g/mol. The SMILES string of the molecule is CC1(O)CCN(c2ncc(Br)cc2F)C1. The molecular formula is C10H12BrFN2O. The number of rotatable bonds is 1. The lowest BCUT2D eigenvalue weighted by Gasteiger charge is -2.20. The van der Waals surface area contributed by atoms with Crippen LogP contribution in [0.3, 0.4) is 0 Å². The number of nitrogens with zero attached hydrogens (tertiary/aromatic N) is 2. The Kier molecular flexibility index (Phi) is 2.68. The van der Waals surface area contributed by atoms with Crippen molar-refractivity contribution in [2.75, 3.05) is 18.0 Å². The molecule has 5 heteroatoms. The van der Waals surface area contributed by atoms with Crippen LogP contribution in [0, 0.1) is 5.82 Å². The van der Waals surface area contributed by atoms with E-state index in [-0.39, 0.29) is 5.82 Å². The Labute approximate surface area is 96.1 Å². The molecule has 0 spiro atoms. The van der Waals surface area contributed by atoms with Gasteiger partial charge >= 0.3 is 0 Å². The molecule has 0 bridgehead atoms. The molecule has 1 unspecified atom stereocenters. The third-order valence-electron chi connectivity index (χ3n) is 2.54. The lowest BCUT2D eigenvalue weighted by Crippen LogP contribution is -2.30. The Morgan fingerprint density at radius 3 is 2.93 bits per heavy atom. The summed E-state index contributed by atoms with van der Waals surface area (Å²) in [5.74, 6) is -0.0435. The van der Waals surface area contributed by atoms with Crippen LogP contribution >= 0.6 is 15.9 Å². The van der Waals surface area contributed by atoms with E-state index >= 15 is 0 Å². The van der Waals surface area contributed by atoms with E-state index in [4.69, 9.17) is 0 Å². The number of β-amino-alcohol motifs (C(OH)–C–C–N with tert-alkyl or cyclic N) is 1. The van der Waals surface area contributed by atoms with Gasteiger partial charge in [-0.2, -0.15) is 0 Å². The molecule has 2 heterocycles. The minimum Gasteiger partial charge on any atom is -0.388 e. The fraction of sp³-hybridized carbons (Fsp3) is 0.500. The average Bonchev–Trinajstić information content (AvgIpc) is 2.46. The van der Waals surface area contributed by atoms with E-state index in [0.717, 1.165) is 0 Å². The van der Waals surface area contributed by atoms with E-state index < -0.39 is 5.60 Å². The van der Waals surface area contributed by atoms with Gasteiger partial charge in [-0.25, -0.2) is 9.37 Å². The Hall–Kier alpha value is -0.680. The number of aliphatic hydroxyl groups is 1. The summed E-state index contributed by atoms with van der Waals surface area (Å²) in [5.41, 5.74) is -0.735. The van der Waals surface area contributed by atoms with Gasteiger partial charge in [0.05, 0.1) is 5.60 Å². The zero-order valence-corrected chi connectivity index (χ0v) is 9.96. The van der Waals surface area contributed by atoms with Gasteiger partial charge in [-0.05, 0) is 35.3 Å². The van der Waals surface area contributed by atoms with Crippen LogP contribution in [0.1, 0.15) is 13.3 Å². The minimum atomic E-state index is -0.735. The van der Waals surface area contributed by atoms with Crippen LogP contribution in [0.15, 0.2) is 16.7 Å². The van der Waals surface area contributed by atoms with Gasteiger partial charge in [0.1, 0.15) is 0 Å². The number of hydrogen-bond acceptors (Lipinski definition) is 3. The van der Waals surface area contributed by atoms with E-state index in [1.54, 1.807) is 18.0 Å². The van der Waals surface area contributed by atoms with E-state index in [1.165, 1.54) is 6.07 Å². The Balaban J connectivity index is 2.24. The fourth-order valence-corrected chi connectivity index (χ4v) is 2.07. The largest absolute Gasteiger partial charge is 0.388 e. The predicted octanol–water partition coefficient (Wildman–Crippen LogP) is 1.94. The van der Waals surface area contributed by atoms with Crippen LogP contribution in [0.25, 0.3) is 0 Å². The molecule has 1 fully saturated rings. The summed E-state index contributed by atoms with van der Waals surface area (Å²) in [6.07, 6.45) is 2.20. The molecule has 1 aliphatic heterocycles. The van der Waals surface area contributed by atoms with Crippen molar-refractivity contribution < 1.29 is 9.50 Å². The molecule has 82 valence electrons. The molecule has 1 aromatic heterocycles. The second kappa shape index (κ2) is 3.72. The molecule has 1 atom stereocenters. The maximum Gasteiger partial charge on any atom is 0.166 e. The first-order chi connectivity index (χ1) is 6.98. The number of pyridine rings is 1. The standard InChI is InChI=1S/C10H12BrFN2O/c1-10(15)2-3-14(6-10)9-8(12)4-7(11)5-13-9/h4-5,15H,2-3,6H2,1H3. The zero-order chi connectivity index (χ0) is 11.1. The predicted molar refractivity (Wildman–Crippen MR) is 59.3 cm³/mol. The molecule has 1 N–H and O–H groups in total. The molecule has 1 aliphatic rings. The van der Waals surface area contributed by atoms with Crippen LogP contribution < -0.4 is 4.90 Å². The third-order valence-corrected chi connectivity index (χ3v) is 2.97. The highest BCUT2D eigenvalue weighted by Gasteiger charge is 2.33. The van der Waals surface area contributed by atoms with Gasteiger partial charge in [-0.15, -0.1) is 0 Å². The van der Waals surface area contributed by atoms with Crippen LogP contribution in [0.2, 0.25) is 0 Å². The highest BCUT2D eigenvalue weighted by atomic mass is 79.9. The summed E-state index contributed by atoms with van der Waals surface area (Å²) in [4.78, 5) is 5.78. The van der Waals surface area contributed by atoms with Crippen molar-refractivity contribution in [3.8, 4) is 0 Å². The molecule has 3 nitrogen and oxygen atoms in total. The molecule has 0 aliphatic carbocycles. The first-order valence-electron chi connectivity index (χ1n) is 4.76. The summed E-state index contributed by atoms with van der Waals surface area (Å²) in [7, 11) is 0. The van der Waals surface area contributed by atoms with Gasteiger partial charge < -0.3 is 10.0 Å². The summed E-state index contributed by atoms with van der Waals surface area (Å²) < 4.78 is 14.2. The molecule has 0 aromatic carbocycles. The topological polar surface area (TPSA) is 36.4 Å². The fourth-order valence-electron chi connectivity index (χ4n) is 1.77. The van der Waals surface area contributed by atoms with E-state index in [0.29, 0.717) is 29.8 Å². The van der Waals surface area contributed by atoms with Crippen LogP contribution in [0.5, 0.6) is 0 Å². The first-order valence-corrected chi connectivity index (χ1v) is 5.56. The van der Waals surface area contributed by atoms with Crippen molar-refractivity contribution >= 4 is 21.7 Å². The second-order valence-corrected chi connectivity index (χ2v) is 5.04. The first kappa shape index (κ1) is 10.8. The van der Waals surface area contributed by atoms with Gasteiger partial charge in [0.2, 0.25) is 0 Å². The zero-order valence-electron chi connectivity index (χ0n) is 8.37. The number of halogens is 2. The van der Waals surface area contributed by atoms with Crippen LogP contribution in [-0.2, 0) is 0 Å². The summed E-state index contributed by atoms with van der Waals surface area (Å²) in [5, 5.41) is 9.77. The van der Waals surface area contributed by atoms with Crippen molar-refractivity contribution in [3.63, 3.8) is 0 Å². The Bertz CT molecular complexity index is 384. The van der Waals surface area contributed by atoms with Crippen molar-refractivity contribution in [1.29, 1.82) is 0 Å². The number of hydrogen-bond donors (Lipinski definition) is 1. The lowest BCUT2D eigenvalue weighted by molar-refractivity contribution is 0.0838. The quantitative estimate of drug-likeness (QED) is 0.851. The molecule has 0 amide bonds.